The second kappa shape index (κ2) is 9.04. The van der Waals surface area contributed by atoms with E-state index in [1.807, 2.05) is 4.72 Å². The highest BCUT2D eigenvalue weighted by molar-refractivity contribution is 7.90. The average molecular weight is 531 g/mol. The molecule has 1 amide bonds. The summed E-state index contributed by atoms with van der Waals surface area (Å²) in [5.74, 6) is -0.625. The fourth-order valence-corrected chi connectivity index (χ4v) is 4.35. The van der Waals surface area contributed by atoms with Gasteiger partial charge in [0.1, 0.15) is 22.9 Å². The van der Waals surface area contributed by atoms with Gasteiger partial charge in [-0.1, -0.05) is 17.7 Å². The summed E-state index contributed by atoms with van der Waals surface area (Å²) in [5.41, 5.74) is -2.05. The molecule has 0 aliphatic heterocycles. The Morgan fingerprint density at radius 2 is 1.97 bits per heavy atom. The number of alkyl halides is 3. The van der Waals surface area contributed by atoms with Gasteiger partial charge in [-0.15, -0.1) is 5.10 Å². The average Bonchev–Trinajstić information content (AvgIpc) is 3.47. The van der Waals surface area contributed by atoms with Crippen molar-refractivity contribution in [1.29, 1.82) is 0 Å². The zero-order chi connectivity index (χ0) is 25.4. The molecule has 0 radical (unpaired) electrons. The standard InChI is InChI=1S/C21H18ClF3N4O5S/c1-33-13-3-2-4-14(11-13)35(31,32)28-19(30)15-5-6-16(26-18(15)22)29-10-7-17(27-29)34-12-20(8-9-20)21(23,24)25/h2-7,10-11H,8-9,12H2,1H3,(H,28,30). The third kappa shape index (κ3) is 5.20. The SMILES string of the molecule is COc1cccc(S(=O)(=O)NC(=O)c2ccc(-n3ccc(OCC4(C(F)(F)F)CC4)n3)nc2Cl)c1. The lowest BCUT2D eigenvalue weighted by Gasteiger charge is -2.18. The van der Waals surface area contributed by atoms with Gasteiger partial charge in [0, 0.05) is 18.3 Å². The quantitative estimate of drug-likeness (QED) is 0.441. The first-order chi connectivity index (χ1) is 16.4. The van der Waals surface area contributed by atoms with Gasteiger partial charge in [-0.2, -0.15) is 13.2 Å². The van der Waals surface area contributed by atoms with E-state index in [4.69, 9.17) is 21.1 Å². The van der Waals surface area contributed by atoms with E-state index < -0.39 is 34.1 Å². The highest BCUT2D eigenvalue weighted by Crippen LogP contribution is 2.57. The normalized spacial score (nSPS) is 14.9. The maximum atomic E-state index is 13.0. The van der Waals surface area contributed by atoms with Gasteiger partial charge in [0.25, 0.3) is 15.9 Å². The van der Waals surface area contributed by atoms with E-state index in [0.29, 0.717) is 0 Å². The number of pyridine rings is 1. The second-order valence-corrected chi connectivity index (χ2v) is 9.83. The van der Waals surface area contributed by atoms with E-state index >= 15 is 0 Å². The van der Waals surface area contributed by atoms with Crippen LogP contribution >= 0.6 is 11.6 Å². The van der Waals surface area contributed by atoms with Gasteiger partial charge in [0.05, 0.1) is 17.6 Å². The van der Waals surface area contributed by atoms with Crippen LogP contribution < -0.4 is 14.2 Å². The summed E-state index contributed by atoms with van der Waals surface area (Å²) >= 11 is 6.10. The number of sulfonamides is 1. The van der Waals surface area contributed by atoms with E-state index in [1.54, 1.807) is 6.07 Å². The fourth-order valence-electron chi connectivity index (χ4n) is 3.11. The lowest BCUT2D eigenvalue weighted by Crippen LogP contribution is -2.31. The van der Waals surface area contributed by atoms with E-state index in [9.17, 15) is 26.4 Å². The van der Waals surface area contributed by atoms with Crippen molar-refractivity contribution in [3.05, 3.63) is 59.4 Å². The molecule has 0 bridgehead atoms. The molecule has 3 aromatic rings. The molecule has 1 fully saturated rings. The number of hydrogen-bond donors (Lipinski definition) is 1. The molecule has 0 atom stereocenters. The van der Waals surface area contributed by atoms with E-state index in [1.165, 1.54) is 54.4 Å². The second-order valence-electron chi connectivity index (χ2n) is 7.79. The Hall–Kier alpha value is -3.32. The largest absolute Gasteiger partial charge is 0.497 e. The minimum Gasteiger partial charge on any atom is -0.497 e. The molecule has 1 aromatic carbocycles. The predicted molar refractivity (Wildman–Crippen MR) is 117 cm³/mol. The Bertz CT molecular complexity index is 1370. The van der Waals surface area contributed by atoms with Crippen LogP contribution in [0.25, 0.3) is 5.82 Å². The van der Waals surface area contributed by atoms with Gasteiger partial charge in [-0.25, -0.2) is 22.8 Å². The molecular formula is C21H18ClF3N4O5S. The molecule has 1 aliphatic rings. The Morgan fingerprint density at radius 1 is 1.23 bits per heavy atom. The van der Waals surface area contributed by atoms with Crippen molar-refractivity contribution < 1.29 is 35.9 Å². The molecule has 4 rings (SSSR count). The number of hydrogen-bond acceptors (Lipinski definition) is 7. The first-order valence-electron chi connectivity index (χ1n) is 10.1. The third-order valence-electron chi connectivity index (χ3n) is 5.41. The molecular weight excluding hydrogens is 513 g/mol. The van der Waals surface area contributed by atoms with Crippen molar-refractivity contribution in [2.45, 2.75) is 23.9 Å². The number of methoxy groups -OCH3 is 1. The van der Waals surface area contributed by atoms with Crippen LogP contribution in [0.1, 0.15) is 23.2 Å². The molecule has 0 unspecified atom stereocenters. The molecule has 1 N–H and O–H groups in total. The van der Waals surface area contributed by atoms with Crippen molar-refractivity contribution in [3.63, 3.8) is 0 Å². The van der Waals surface area contributed by atoms with Crippen molar-refractivity contribution >= 4 is 27.5 Å². The number of aromatic nitrogens is 3. The Balaban J connectivity index is 1.45. The summed E-state index contributed by atoms with van der Waals surface area (Å²) in [7, 11) is -2.85. The third-order valence-corrected chi connectivity index (χ3v) is 7.02. The van der Waals surface area contributed by atoms with Crippen LogP contribution in [-0.2, 0) is 10.0 Å². The number of halogens is 4. The molecule has 1 saturated carbocycles. The number of nitrogens with zero attached hydrogens (tertiary/aromatic N) is 3. The number of carbonyl (C=O) groups excluding carboxylic acids is 1. The summed E-state index contributed by atoms with van der Waals surface area (Å²) < 4.78 is 77.5. The van der Waals surface area contributed by atoms with Crippen molar-refractivity contribution in [3.8, 4) is 17.4 Å². The maximum absolute atomic E-state index is 13.0. The molecule has 1 aliphatic carbocycles. The van der Waals surface area contributed by atoms with Gasteiger partial charge in [0.15, 0.2) is 5.82 Å². The number of nitrogens with one attached hydrogen (secondary N) is 1. The first-order valence-corrected chi connectivity index (χ1v) is 11.9. The van der Waals surface area contributed by atoms with Crippen molar-refractivity contribution in [1.82, 2.24) is 19.5 Å². The van der Waals surface area contributed by atoms with Gasteiger partial charge in [-0.05, 0) is 37.1 Å². The Kier molecular flexibility index (Phi) is 6.40. The van der Waals surface area contributed by atoms with E-state index in [0.717, 1.165) is 0 Å². The highest BCUT2D eigenvalue weighted by Gasteiger charge is 2.64. The van der Waals surface area contributed by atoms with Crippen LogP contribution in [0.15, 0.2) is 53.6 Å². The summed E-state index contributed by atoms with van der Waals surface area (Å²) in [6, 6.07) is 9.49. The lowest BCUT2D eigenvalue weighted by molar-refractivity contribution is -0.194. The van der Waals surface area contributed by atoms with Crippen LogP contribution in [0.5, 0.6) is 11.6 Å². The molecule has 0 spiro atoms. The van der Waals surface area contributed by atoms with Crippen LogP contribution in [-0.4, -0.2) is 49.0 Å². The zero-order valence-corrected chi connectivity index (χ0v) is 19.6. The van der Waals surface area contributed by atoms with Crippen LogP contribution in [0.4, 0.5) is 13.2 Å². The van der Waals surface area contributed by atoms with Crippen LogP contribution in [0, 0.1) is 5.41 Å². The summed E-state index contributed by atoms with van der Waals surface area (Å²) in [6.07, 6.45) is -2.94. The highest BCUT2D eigenvalue weighted by atomic mass is 35.5. The van der Waals surface area contributed by atoms with Crippen LogP contribution in [0.2, 0.25) is 5.15 Å². The minimum absolute atomic E-state index is 0.00539. The monoisotopic (exact) mass is 530 g/mol. The maximum Gasteiger partial charge on any atom is 0.397 e. The predicted octanol–water partition coefficient (Wildman–Crippen LogP) is 3.77. The van der Waals surface area contributed by atoms with Crippen molar-refractivity contribution in [2.24, 2.45) is 5.41 Å². The van der Waals surface area contributed by atoms with Gasteiger partial charge in [0.2, 0.25) is 5.88 Å². The topological polar surface area (TPSA) is 112 Å². The molecule has 9 nitrogen and oxygen atoms in total. The summed E-state index contributed by atoms with van der Waals surface area (Å²) in [4.78, 5) is 16.4. The molecule has 0 saturated heterocycles. The number of carbonyl (C=O) groups is 1. The molecule has 186 valence electrons. The Morgan fingerprint density at radius 3 is 2.60 bits per heavy atom. The lowest BCUT2D eigenvalue weighted by atomic mass is 10.1. The molecule has 2 heterocycles. The molecule has 35 heavy (non-hydrogen) atoms. The first kappa shape index (κ1) is 24.8. The van der Waals surface area contributed by atoms with Gasteiger partial charge >= 0.3 is 6.18 Å². The van der Waals surface area contributed by atoms with Gasteiger partial charge < -0.3 is 9.47 Å². The fraction of sp³-hybridized carbons (Fsp3) is 0.286. The smallest absolute Gasteiger partial charge is 0.397 e. The Labute approximate surface area is 202 Å². The minimum atomic E-state index is -4.35. The van der Waals surface area contributed by atoms with Gasteiger partial charge in [-0.3, -0.25) is 4.79 Å². The number of rotatable bonds is 8. The van der Waals surface area contributed by atoms with E-state index in [-0.39, 0.29) is 45.9 Å². The summed E-state index contributed by atoms with van der Waals surface area (Å²) in [5, 5.41) is 3.71. The van der Waals surface area contributed by atoms with Crippen LogP contribution in [0.3, 0.4) is 0 Å². The van der Waals surface area contributed by atoms with E-state index in [2.05, 4.69) is 10.1 Å². The molecule has 2 aromatic heterocycles. The zero-order valence-electron chi connectivity index (χ0n) is 18.0. The van der Waals surface area contributed by atoms with Crippen molar-refractivity contribution in [2.75, 3.05) is 13.7 Å². The summed E-state index contributed by atoms with van der Waals surface area (Å²) in [6.45, 7) is -0.539. The molecule has 14 heteroatoms. The number of ether oxygens (including phenoxy) is 2. The number of amides is 1. The number of benzene rings is 1.